The van der Waals surface area contributed by atoms with Crippen LogP contribution in [-0.2, 0) is 0 Å². The third kappa shape index (κ3) is 91.0. The quantitative estimate of drug-likeness (QED) is 0.339. The van der Waals surface area contributed by atoms with Gasteiger partial charge in [-0.25, -0.2) is 0 Å². The number of nitrogens with zero attached hydrogens (tertiary/aromatic N) is 1. The van der Waals surface area contributed by atoms with E-state index >= 15 is 0 Å². The first-order chi connectivity index (χ1) is 4.15. The first-order valence-electron chi connectivity index (χ1n) is 2.75. The van der Waals surface area contributed by atoms with Crippen LogP contribution in [0.1, 0.15) is 19.8 Å². The van der Waals surface area contributed by atoms with Crippen LogP contribution >= 0.6 is 9.24 Å². The minimum Gasteiger partial charge on any atom is -0.356 e. The van der Waals surface area contributed by atoms with E-state index in [-0.39, 0.29) is 0 Å². The van der Waals surface area contributed by atoms with Gasteiger partial charge in [0.2, 0.25) is 0 Å². The fourth-order valence-corrected chi connectivity index (χ4v) is 0.750. The minimum absolute atomic E-state index is 1.35. The lowest BCUT2D eigenvalue weighted by Gasteiger charge is -1.75. The second kappa shape index (κ2) is 10.6. The molecule has 0 rings (SSSR count). The highest BCUT2D eigenvalue weighted by Crippen LogP contribution is 1.89. The minimum atomic E-state index is -1.75. The number of hydrogen-bond donors (Lipinski definition) is 0. The predicted molar refractivity (Wildman–Crippen MR) is 41.2 cm³/mol. The summed E-state index contributed by atoms with van der Waals surface area (Å²) < 4.78 is 0. The largest absolute Gasteiger partial charge is 0.356 e. The molecule has 0 saturated heterocycles. The van der Waals surface area contributed by atoms with E-state index in [2.05, 4.69) is 6.92 Å². The lowest BCUT2D eigenvalue weighted by atomic mass is 10.4. The van der Waals surface area contributed by atoms with Crippen molar-refractivity contribution >= 4 is 9.24 Å². The van der Waals surface area contributed by atoms with Crippen molar-refractivity contribution in [3.63, 3.8) is 0 Å². The fourth-order valence-electron chi connectivity index (χ4n) is 0.250. The van der Waals surface area contributed by atoms with Gasteiger partial charge < -0.3 is 15.3 Å². The molecule has 0 aliphatic carbocycles. The van der Waals surface area contributed by atoms with Crippen LogP contribution in [0.2, 0.25) is 0 Å². The highest BCUT2D eigenvalue weighted by Gasteiger charge is 1.72. The zero-order chi connectivity index (χ0) is 7.70. The second-order valence-electron chi connectivity index (χ2n) is 1.43. The number of rotatable bonds is 2. The zero-order valence-electron chi connectivity index (χ0n) is 5.50. The highest BCUT2D eigenvalue weighted by atomic mass is 31.0. The van der Waals surface area contributed by atoms with E-state index in [1.165, 1.54) is 19.0 Å². The summed E-state index contributed by atoms with van der Waals surface area (Å²) in [6, 6.07) is 0. The van der Waals surface area contributed by atoms with Crippen molar-refractivity contribution in [2.75, 3.05) is 6.16 Å². The van der Waals surface area contributed by atoms with Crippen LogP contribution in [0.15, 0.2) is 0 Å². The monoisotopic (exact) mass is 153 g/mol. The van der Waals surface area contributed by atoms with Crippen molar-refractivity contribution < 1.29 is 5.09 Å². The molecule has 0 aliphatic heterocycles. The molecule has 0 amide bonds. The molecule has 0 N–H and O–H groups in total. The van der Waals surface area contributed by atoms with Crippen LogP contribution in [0.5, 0.6) is 0 Å². The van der Waals surface area contributed by atoms with Crippen molar-refractivity contribution in [2.45, 2.75) is 19.8 Å². The standard InChI is InChI=1S/C4H11P.NO3/c1-2-3-4-5;2-1(3)4/h2-5H2,1H3;/q;-1/p+1. The molecule has 56 valence electrons. The maximum absolute atomic E-state index is 8.25. The van der Waals surface area contributed by atoms with Crippen LogP contribution in [0.3, 0.4) is 0 Å². The van der Waals surface area contributed by atoms with Crippen LogP contribution in [0.4, 0.5) is 0 Å². The van der Waals surface area contributed by atoms with E-state index in [1.54, 1.807) is 0 Å². The number of hydrogen-bond acceptors (Lipinski definition) is 3. The maximum Gasteiger partial charge on any atom is 0.0689 e. The molecular weight excluding hydrogens is 141 g/mol. The zero-order valence-corrected chi connectivity index (χ0v) is 6.91. The van der Waals surface area contributed by atoms with Gasteiger partial charge in [-0.2, -0.15) is 0 Å². The molecule has 0 heterocycles. The first-order valence-corrected chi connectivity index (χ1v) is 3.75. The summed E-state index contributed by atoms with van der Waals surface area (Å²) in [5, 5.41) is 14.8. The van der Waals surface area contributed by atoms with Crippen LogP contribution in [-0.4, -0.2) is 11.2 Å². The van der Waals surface area contributed by atoms with E-state index in [9.17, 15) is 0 Å². The average Bonchev–Trinajstić information content (AvgIpc) is 1.66. The van der Waals surface area contributed by atoms with E-state index in [0.29, 0.717) is 0 Å². The molecule has 0 bridgehead atoms. The predicted octanol–water partition coefficient (Wildman–Crippen LogP) is 1.15. The smallest absolute Gasteiger partial charge is 0.0689 e. The van der Waals surface area contributed by atoms with Crippen molar-refractivity contribution in [1.29, 1.82) is 0 Å². The Balaban J connectivity index is 0. The Labute approximate surface area is 56.6 Å². The summed E-state index contributed by atoms with van der Waals surface area (Å²) >= 11 is 0. The Bertz CT molecular complexity index is 62.8. The third-order valence-corrected chi connectivity index (χ3v) is 1.10. The van der Waals surface area contributed by atoms with E-state index in [1.807, 2.05) is 9.24 Å². The summed E-state index contributed by atoms with van der Waals surface area (Å²) in [5.74, 6) is 0. The summed E-state index contributed by atoms with van der Waals surface area (Å²) in [6.45, 7) is 2.22. The highest BCUT2D eigenvalue weighted by molar-refractivity contribution is 7.16. The van der Waals surface area contributed by atoms with Gasteiger partial charge in [0.15, 0.2) is 0 Å². The topological polar surface area (TPSA) is 66.2 Å². The van der Waals surface area contributed by atoms with Crippen LogP contribution in [0.25, 0.3) is 0 Å². The molecule has 1 unspecified atom stereocenters. The summed E-state index contributed by atoms with van der Waals surface area (Å²) in [7, 11) is 2.05. The SMILES string of the molecule is CCCC[PH3+].O=[N+]([O-])[O-]. The van der Waals surface area contributed by atoms with Crippen molar-refractivity contribution in [2.24, 2.45) is 0 Å². The molecule has 4 nitrogen and oxygen atoms in total. The fraction of sp³-hybridized carbons (Fsp3) is 1.00. The molecule has 0 saturated carbocycles. The lowest BCUT2D eigenvalue weighted by Crippen LogP contribution is -1.74. The molecule has 0 fully saturated rings. The van der Waals surface area contributed by atoms with E-state index in [0.717, 1.165) is 0 Å². The van der Waals surface area contributed by atoms with Crippen molar-refractivity contribution in [3.8, 4) is 0 Å². The molecule has 0 aromatic heterocycles. The Morgan fingerprint density at radius 2 is 1.89 bits per heavy atom. The first kappa shape index (κ1) is 11.4. The van der Waals surface area contributed by atoms with Gasteiger partial charge in [0.25, 0.3) is 0 Å². The lowest BCUT2D eigenvalue weighted by molar-refractivity contribution is -0.402. The maximum atomic E-state index is 8.25. The summed E-state index contributed by atoms with van der Waals surface area (Å²) in [5.41, 5.74) is 0. The summed E-state index contributed by atoms with van der Waals surface area (Å²) in [4.78, 5) is 8.25. The van der Waals surface area contributed by atoms with E-state index < -0.39 is 5.09 Å². The van der Waals surface area contributed by atoms with Crippen LogP contribution in [0, 0.1) is 15.3 Å². The van der Waals surface area contributed by atoms with Gasteiger partial charge in [-0.1, -0.05) is 13.3 Å². The number of unbranched alkanes of at least 4 members (excludes halogenated alkanes) is 1. The molecule has 0 aliphatic rings. The Kier molecular flexibility index (Phi) is 13.4. The molecular formula is C4H12NO3P. The third-order valence-electron chi connectivity index (χ3n) is 0.604. The van der Waals surface area contributed by atoms with Gasteiger partial charge in [-0.15, -0.1) is 0 Å². The van der Waals surface area contributed by atoms with Gasteiger partial charge >= 0.3 is 0 Å². The molecule has 0 aromatic carbocycles. The molecule has 0 radical (unpaired) electrons. The van der Waals surface area contributed by atoms with Crippen LogP contribution < -0.4 is 0 Å². The molecule has 1 atom stereocenters. The van der Waals surface area contributed by atoms with Crippen molar-refractivity contribution in [3.05, 3.63) is 15.3 Å². The van der Waals surface area contributed by atoms with Crippen molar-refractivity contribution in [1.82, 2.24) is 0 Å². The molecule has 0 spiro atoms. The normalized spacial score (nSPS) is 7.67. The van der Waals surface area contributed by atoms with Gasteiger partial charge in [0, 0.05) is 0 Å². The van der Waals surface area contributed by atoms with Gasteiger partial charge in [-0.05, 0) is 15.7 Å². The molecule has 9 heavy (non-hydrogen) atoms. The Morgan fingerprint density at radius 1 is 1.56 bits per heavy atom. The second-order valence-corrected chi connectivity index (χ2v) is 2.14. The average molecular weight is 153 g/mol. The Morgan fingerprint density at radius 3 is 1.89 bits per heavy atom. The van der Waals surface area contributed by atoms with Gasteiger partial charge in [0.05, 0.1) is 11.2 Å². The molecule has 5 heteroatoms. The van der Waals surface area contributed by atoms with Gasteiger partial charge in [-0.3, -0.25) is 0 Å². The summed E-state index contributed by atoms with van der Waals surface area (Å²) in [6.07, 6.45) is 4.12. The van der Waals surface area contributed by atoms with Gasteiger partial charge in [0.1, 0.15) is 0 Å². The molecule has 0 aromatic rings. The van der Waals surface area contributed by atoms with E-state index in [4.69, 9.17) is 15.3 Å². The Hall–Kier alpha value is -0.370.